The Morgan fingerprint density at radius 3 is 2.82 bits per heavy atom. The summed E-state index contributed by atoms with van der Waals surface area (Å²) in [6, 6.07) is 6.62. The van der Waals surface area contributed by atoms with Gasteiger partial charge in [0.05, 0.1) is 6.04 Å². The number of halogens is 1. The zero-order valence-corrected chi connectivity index (χ0v) is 12.9. The number of hydrogen-bond donors (Lipinski definition) is 1. The third kappa shape index (κ3) is 3.12. The smallest absolute Gasteiger partial charge is 0.273 e. The van der Waals surface area contributed by atoms with Gasteiger partial charge in [-0.3, -0.25) is 4.79 Å². The number of hydrogen-bond acceptors (Lipinski definition) is 7. The number of aromatic nitrogens is 4. The van der Waals surface area contributed by atoms with Crippen molar-refractivity contribution in [3.8, 4) is 11.5 Å². The molecule has 0 aliphatic carbocycles. The van der Waals surface area contributed by atoms with E-state index in [1.165, 1.54) is 0 Å². The zero-order valence-electron chi connectivity index (χ0n) is 11.4. The summed E-state index contributed by atoms with van der Waals surface area (Å²) in [5.74, 6) is 0.406. The van der Waals surface area contributed by atoms with Crippen LogP contribution in [-0.2, 0) is 0 Å². The number of carbonyl (C=O) groups excluding carboxylic acids is 1. The van der Waals surface area contributed by atoms with Gasteiger partial charge >= 0.3 is 0 Å². The molecule has 9 heteroatoms. The first-order valence-corrected chi connectivity index (χ1v) is 7.52. The second kappa shape index (κ2) is 6.20. The fourth-order valence-electron chi connectivity index (χ4n) is 1.72. The summed E-state index contributed by atoms with van der Waals surface area (Å²) < 4.78 is 8.85. The van der Waals surface area contributed by atoms with E-state index < -0.39 is 6.04 Å². The maximum Gasteiger partial charge on any atom is 0.273 e. The molecule has 3 aromatic rings. The van der Waals surface area contributed by atoms with Gasteiger partial charge in [0, 0.05) is 16.0 Å². The highest BCUT2D eigenvalue weighted by molar-refractivity contribution is 7.03. The lowest BCUT2D eigenvalue weighted by Crippen LogP contribution is -2.27. The minimum Gasteiger partial charge on any atom is -0.341 e. The van der Waals surface area contributed by atoms with Crippen molar-refractivity contribution < 1.29 is 9.32 Å². The second-order valence-electron chi connectivity index (χ2n) is 4.45. The summed E-state index contributed by atoms with van der Waals surface area (Å²) in [6.45, 7) is 1.76. The number of amides is 1. The Balaban J connectivity index is 1.73. The average Bonchev–Trinajstić information content (AvgIpc) is 3.20. The lowest BCUT2D eigenvalue weighted by Gasteiger charge is -2.07. The molecular weight excluding hydrogens is 326 g/mol. The summed E-state index contributed by atoms with van der Waals surface area (Å²) in [5, 5.41) is 12.5. The van der Waals surface area contributed by atoms with Gasteiger partial charge in [0.25, 0.3) is 11.8 Å². The van der Waals surface area contributed by atoms with Crippen LogP contribution in [0, 0.1) is 0 Å². The molecule has 0 bridgehead atoms. The summed E-state index contributed by atoms with van der Waals surface area (Å²) in [7, 11) is 0. The van der Waals surface area contributed by atoms with E-state index >= 15 is 0 Å². The molecule has 22 heavy (non-hydrogen) atoms. The SMILES string of the molecule is C[C@H](NC(=O)c1csnn1)c1noc(-c2ccc(Cl)cc2)n1. The molecule has 1 amide bonds. The average molecular weight is 336 g/mol. The standard InChI is InChI=1S/C13H10ClN5O2S/c1-7(15-12(20)10-6-22-19-17-10)11-16-13(21-18-11)8-2-4-9(14)5-3-8/h2-7H,1H3,(H,15,20)/t7-/m0/s1. The van der Waals surface area contributed by atoms with Gasteiger partial charge in [0.15, 0.2) is 11.5 Å². The minimum absolute atomic E-state index is 0.262. The molecule has 112 valence electrons. The molecule has 1 atom stereocenters. The molecule has 0 saturated carbocycles. The second-order valence-corrected chi connectivity index (χ2v) is 5.50. The van der Waals surface area contributed by atoms with Crippen molar-refractivity contribution in [2.75, 3.05) is 0 Å². The molecule has 0 saturated heterocycles. The van der Waals surface area contributed by atoms with Crippen LogP contribution >= 0.6 is 23.1 Å². The molecular formula is C13H10ClN5O2S. The Morgan fingerprint density at radius 1 is 1.36 bits per heavy atom. The van der Waals surface area contributed by atoms with Gasteiger partial charge in [-0.25, -0.2) is 0 Å². The van der Waals surface area contributed by atoms with Crippen LogP contribution in [0.5, 0.6) is 0 Å². The van der Waals surface area contributed by atoms with Crippen LogP contribution in [0.2, 0.25) is 5.02 Å². The van der Waals surface area contributed by atoms with E-state index in [9.17, 15) is 4.79 Å². The van der Waals surface area contributed by atoms with Gasteiger partial charge in [-0.05, 0) is 42.7 Å². The van der Waals surface area contributed by atoms with Crippen LogP contribution in [-0.4, -0.2) is 25.6 Å². The van der Waals surface area contributed by atoms with E-state index in [2.05, 4.69) is 25.0 Å². The molecule has 2 heterocycles. The maximum absolute atomic E-state index is 11.9. The van der Waals surface area contributed by atoms with E-state index in [1.807, 2.05) is 0 Å². The lowest BCUT2D eigenvalue weighted by molar-refractivity contribution is 0.0933. The fourth-order valence-corrected chi connectivity index (χ4v) is 2.28. The highest BCUT2D eigenvalue weighted by Crippen LogP contribution is 2.21. The number of benzene rings is 1. The molecule has 1 N–H and O–H groups in total. The molecule has 0 spiro atoms. The molecule has 3 rings (SSSR count). The Bertz CT molecular complexity index is 772. The van der Waals surface area contributed by atoms with Crippen LogP contribution in [0.4, 0.5) is 0 Å². The van der Waals surface area contributed by atoms with E-state index in [0.717, 1.165) is 17.1 Å². The Kier molecular flexibility index (Phi) is 4.12. The number of nitrogens with one attached hydrogen (secondary N) is 1. The van der Waals surface area contributed by atoms with Crippen molar-refractivity contribution in [3.63, 3.8) is 0 Å². The summed E-state index contributed by atoms with van der Waals surface area (Å²) in [5.41, 5.74) is 1.02. The molecule has 0 radical (unpaired) electrons. The number of carbonyl (C=O) groups is 1. The normalized spacial score (nSPS) is 12.1. The largest absolute Gasteiger partial charge is 0.341 e. The van der Waals surface area contributed by atoms with Gasteiger partial charge in [-0.1, -0.05) is 21.2 Å². The lowest BCUT2D eigenvalue weighted by atomic mass is 10.2. The van der Waals surface area contributed by atoms with E-state index in [1.54, 1.807) is 36.6 Å². The van der Waals surface area contributed by atoms with Crippen molar-refractivity contribution in [2.24, 2.45) is 0 Å². The molecule has 0 aliphatic heterocycles. The van der Waals surface area contributed by atoms with Crippen molar-refractivity contribution in [2.45, 2.75) is 13.0 Å². The highest BCUT2D eigenvalue weighted by atomic mass is 35.5. The molecule has 0 unspecified atom stereocenters. The highest BCUT2D eigenvalue weighted by Gasteiger charge is 2.18. The van der Waals surface area contributed by atoms with Crippen molar-refractivity contribution in [1.29, 1.82) is 0 Å². The predicted octanol–water partition coefficient (Wildman–Crippen LogP) is 2.73. The maximum atomic E-state index is 11.9. The Labute approximate surface area is 134 Å². The summed E-state index contributed by atoms with van der Waals surface area (Å²) >= 11 is 6.95. The summed E-state index contributed by atoms with van der Waals surface area (Å²) in [6.07, 6.45) is 0. The van der Waals surface area contributed by atoms with Gasteiger partial charge in [-0.2, -0.15) is 4.98 Å². The molecule has 1 aromatic carbocycles. The molecule has 0 aliphatic rings. The first-order chi connectivity index (χ1) is 10.6. The molecule has 7 nitrogen and oxygen atoms in total. The van der Waals surface area contributed by atoms with E-state index in [4.69, 9.17) is 16.1 Å². The minimum atomic E-state index is -0.418. The van der Waals surface area contributed by atoms with Crippen molar-refractivity contribution in [1.82, 2.24) is 25.0 Å². The first kappa shape index (κ1) is 14.6. The van der Waals surface area contributed by atoms with Gasteiger partial charge in [-0.15, -0.1) is 5.10 Å². The predicted molar refractivity (Wildman–Crippen MR) is 80.5 cm³/mol. The first-order valence-electron chi connectivity index (χ1n) is 6.31. The fraction of sp³-hybridized carbons (Fsp3) is 0.154. The number of rotatable bonds is 4. The van der Waals surface area contributed by atoms with Crippen LogP contribution in [0.15, 0.2) is 34.2 Å². The van der Waals surface area contributed by atoms with Gasteiger partial charge < -0.3 is 9.84 Å². The van der Waals surface area contributed by atoms with Crippen molar-refractivity contribution in [3.05, 3.63) is 46.2 Å². The van der Waals surface area contributed by atoms with Crippen molar-refractivity contribution >= 4 is 29.0 Å². The van der Waals surface area contributed by atoms with Crippen LogP contribution < -0.4 is 5.32 Å². The Morgan fingerprint density at radius 2 is 2.14 bits per heavy atom. The molecule has 0 fully saturated rings. The van der Waals surface area contributed by atoms with Gasteiger partial charge in [0.1, 0.15) is 0 Å². The third-order valence-electron chi connectivity index (χ3n) is 2.86. The topological polar surface area (TPSA) is 93.8 Å². The van der Waals surface area contributed by atoms with Crippen LogP contribution in [0.25, 0.3) is 11.5 Å². The van der Waals surface area contributed by atoms with Crippen LogP contribution in [0.1, 0.15) is 29.3 Å². The van der Waals surface area contributed by atoms with Crippen LogP contribution in [0.3, 0.4) is 0 Å². The molecule has 2 aromatic heterocycles. The van der Waals surface area contributed by atoms with Gasteiger partial charge in [0.2, 0.25) is 0 Å². The summed E-state index contributed by atoms with van der Waals surface area (Å²) in [4.78, 5) is 16.2. The number of nitrogens with zero attached hydrogens (tertiary/aromatic N) is 4. The third-order valence-corrected chi connectivity index (χ3v) is 3.62. The Hall–Kier alpha value is -2.32. The quantitative estimate of drug-likeness (QED) is 0.787. The monoisotopic (exact) mass is 335 g/mol. The zero-order chi connectivity index (χ0) is 15.5. The van der Waals surface area contributed by atoms with E-state index in [-0.39, 0.29) is 11.6 Å². The van der Waals surface area contributed by atoms with E-state index in [0.29, 0.717) is 16.7 Å².